The van der Waals surface area contributed by atoms with Gasteiger partial charge in [0.2, 0.25) is 11.8 Å². The van der Waals surface area contributed by atoms with Gasteiger partial charge in [0, 0.05) is 21.4 Å². The number of carboxylic acid groups (broad SMARTS) is 1. The number of aromatic carboxylic acids is 1. The van der Waals surface area contributed by atoms with E-state index in [9.17, 15) is 19.5 Å². The van der Waals surface area contributed by atoms with E-state index in [0.29, 0.717) is 10.6 Å². The number of nitrogens with zero attached hydrogens (tertiary/aromatic N) is 1. The number of benzene rings is 2. The number of thioether (sulfide) groups is 1. The molecule has 5 nitrogen and oxygen atoms in total. The maximum Gasteiger partial charge on any atom is 0.247 e. The summed E-state index contributed by atoms with van der Waals surface area (Å²) < 4.78 is 0.846. The van der Waals surface area contributed by atoms with Crippen LogP contribution in [-0.2, 0) is 9.59 Å². The van der Waals surface area contributed by atoms with E-state index in [1.807, 2.05) is 0 Å². The van der Waals surface area contributed by atoms with Gasteiger partial charge in [-0.05, 0) is 30.3 Å². The molecule has 0 aromatic heterocycles. The number of hydrogen-bond acceptors (Lipinski definition) is 5. The van der Waals surface area contributed by atoms with Gasteiger partial charge in [-0.3, -0.25) is 9.59 Å². The summed E-state index contributed by atoms with van der Waals surface area (Å²) >= 11 is 4.39. The van der Waals surface area contributed by atoms with Gasteiger partial charge in [0.15, 0.2) is 0 Å². The fraction of sp³-hybridized carbons (Fsp3) is 0.118. The third-order valence-corrected chi connectivity index (χ3v) is 5.36. The summed E-state index contributed by atoms with van der Waals surface area (Å²) in [6.07, 6.45) is 0.0287. The van der Waals surface area contributed by atoms with Crippen LogP contribution in [0.15, 0.2) is 57.9 Å². The van der Waals surface area contributed by atoms with Crippen molar-refractivity contribution in [2.75, 3.05) is 4.90 Å². The number of halogens is 1. The Labute approximate surface area is 150 Å². The van der Waals surface area contributed by atoms with E-state index in [1.165, 1.54) is 6.07 Å². The summed E-state index contributed by atoms with van der Waals surface area (Å²) in [5.74, 6) is -1.95. The molecule has 1 aliphatic heterocycles. The zero-order chi connectivity index (χ0) is 17.3. The van der Waals surface area contributed by atoms with Gasteiger partial charge in [0.25, 0.3) is 0 Å². The largest absolute Gasteiger partial charge is 0.545 e. The van der Waals surface area contributed by atoms with E-state index in [1.54, 1.807) is 42.5 Å². The Hall–Kier alpha value is -2.12. The second-order valence-corrected chi connectivity index (χ2v) is 7.30. The van der Waals surface area contributed by atoms with Gasteiger partial charge in [-0.1, -0.05) is 34.1 Å². The first kappa shape index (κ1) is 16.7. The van der Waals surface area contributed by atoms with Crippen LogP contribution in [0.4, 0.5) is 5.69 Å². The predicted molar refractivity (Wildman–Crippen MR) is 91.7 cm³/mol. The maximum absolute atomic E-state index is 12.6. The van der Waals surface area contributed by atoms with Crippen LogP contribution >= 0.6 is 27.7 Å². The highest BCUT2D eigenvalue weighted by Crippen LogP contribution is 2.35. The number of amides is 2. The van der Waals surface area contributed by atoms with Gasteiger partial charge in [0.1, 0.15) is 0 Å². The second kappa shape index (κ2) is 6.78. The van der Waals surface area contributed by atoms with Gasteiger partial charge in [-0.2, -0.15) is 0 Å². The van der Waals surface area contributed by atoms with Crippen molar-refractivity contribution < 1.29 is 19.5 Å². The number of hydrogen-bond donors (Lipinski definition) is 0. The van der Waals surface area contributed by atoms with Crippen molar-refractivity contribution in [3.63, 3.8) is 0 Å². The molecule has 3 rings (SSSR count). The van der Waals surface area contributed by atoms with E-state index in [0.717, 1.165) is 21.1 Å². The van der Waals surface area contributed by atoms with Crippen LogP contribution in [0.2, 0.25) is 0 Å². The molecule has 2 aromatic rings. The average molecular weight is 405 g/mol. The van der Waals surface area contributed by atoms with E-state index in [-0.39, 0.29) is 23.8 Å². The Morgan fingerprint density at radius 1 is 1.12 bits per heavy atom. The number of carbonyl (C=O) groups is 3. The molecule has 0 saturated carbocycles. The first-order valence-corrected chi connectivity index (χ1v) is 8.74. The molecule has 2 amide bonds. The highest BCUT2D eigenvalue weighted by Gasteiger charge is 2.40. The number of anilines is 1. The van der Waals surface area contributed by atoms with Gasteiger partial charge < -0.3 is 9.90 Å². The molecular formula is C17H11BrNO4S-. The van der Waals surface area contributed by atoms with E-state index >= 15 is 0 Å². The molecule has 122 valence electrons. The smallest absolute Gasteiger partial charge is 0.247 e. The molecule has 0 bridgehead atoms. The molecule has 0 unspecified atom stereocenters. The standard InChI is InChI=1S/C17H12BrNO4S/c18-10-5-7-11(8-6-10)19-15(20)9-14(16(19)21)24-13-4-2-1-3-12(13)17(22)23/h1-8,14H,9H2,(H,22,23)/p-1/t14-/m1/s1. The van der Waals surface area contributed by atoms with E-state index in [2.05, 4.69) is 15.9 Å². The maximum atomic E-state index is 12.6. The minimum absolute atomic E-state index is 0.0184. The molecule has 1 aliphatic rings. The third-order valence-electron chi connectivity index (χ3n) is 3.57. The lowest BCUT2D eigenvalue weighted by atomic mass is 10.2. The lowest BCUT2D eigenvalue weighted by molar-refractivity contribution is -0.255. The number of rotatable bonds is 4. The Morgan fingerprint density at radius 3 is 2.46 bits per heavy atom. The molecule has 0 aliphatic carbocycles. The topological polar surface area (TPSA) is 77.5 Å². The molecule has 7 heteroatoms. The van der Waals surface area contributed by atoms with Crippen LogP contribution in [0.3, 0.4) is 0 Å². The molecule has 0 spiro atoms. The van der Waals surface area contributed by atoms with E-state index < -0.39 is 11.2 Å². The summed E-state index contributed by atoms with van der Waals surface area (Å²) in [7, 11) is 0. The van der Waals surface area contributed by atoms with E-state index in [4.69, 9.17) is 0 Å². The molecule has 1 fully saturated rings. The van der Waals surface area contributed by atoms with Crippen LogP contribution in [0.5, 0.6) is 0 Å². The van der Waals surface area contributed by atoms with Crippen molar-refractivity contribution in [3.05, 3.63) is 58.6 Å². The van der Waals surface area contributed by atoms with Gasteiger partial charge in [-0.15, -0.1) is 11.8 Å². The van der Waals surface area contributed by atoms with Crippen LogP contribution in [0, 0.1) is 0 Å². The van der Waals surface area contributed by atoms with Gasteiger partial charge >= 0.3 is 0 Å². The monoisotopic (exact) mass is 404 g/mol. The average Bonchev–Trinajstić information content (AvgIpc) is 2.83. The van der Waals surface area contributed by atoms with Crippen LogP contribution in [-0.4, -0.2) is 23.0 Å². The molecule has 0 N–H and O–H groups in total. The molecule has 0 radical (unpaired) electrons. The molecule has 1 heterocycles. The lowest BCUT2D eigenvalue weighted by Gasteiger charge is -2.16. The Kier molecular flexibility index (Phi) is 4.73. The van der Waals surface area contributed by atoms with Crippen LogP contribution < -0.4 is 10.0 Å². The summed E-state index contributed by atoms with van der Waals surface area (Å²) in [6, 6.07) is 13.2. The Balaban J connectivity index is 1.85. The fourth-order valence-corrected chi connectivity index (χ4v) is 3.89. The third kappa shape index (κ3) is 3.22. The van der Waals surface area contributed by atoms with Crippen molar-refractivity contribution in [2.45, 2.75) is 16.6 Å². The van der Waals surface area contributed by atoms with Gasteiger partial charge in [0.05, 0.1) is 16.9 Å². The quantitative estimate of drug-likeness (QED) is 0.730. The van der Waals surface area contributed by atoms with Crippen LogP contribution in [0.1, 0.15) is 16.8 Å². The van der Waals surface area contributed by atoms with Crippen molar-refractivity contribution in [1.82, 2.24) is 0 Å². The van der Waals surface area contributed by atoms with Crippen molar-refractivity contribution >= 4 is 51.2 Å². The molecule has 1 saturated heterocycles. The number of imide groups is 1. The number of carboxylic acids is 1. The molecular weight excluding hydrogens is 394 g/mol. The normalized spacial score (nSPS) is 17.4. The summed E-state index contributed by atoms with van der Waals surface area (Å²) in [6.45, 7) is 0. The second-order valence-electron chi connectivity index (χ2n) is 5.14. The Morgan fingerprint density at radius 2 is 1.79 bits per heavy atom. The van der Waals surface area contributed by atoms with Gasteiger partial charge in [-0.25, -0.2) is 4.90 Å². The molecule has 24 heavy (non-hydrogen) atoms. The molecule has 2 aromatic carbocycles. The summed E-state index contributed by atoms with van der Waals surface area (Å²) in [5, 5.41) is 10.5. The fourth-order valence-electron chi connectivity index (χ4n) is 2.45. The Bertz CT molecular complexity index is 822. The lowest BCUT2D eigenvalue weighted by Crippen LogP contribution is -2.31. The summed E-state index contributed by atoms with van der Waals surface area (Å²) in [4.78, 5) is 37.6. The van der Waals surface area contributed by atoms with Crippen molar-refractivity contribution in [3.8, 4) is 0 Å². The zero-order valence-corrected chi connectivity index (χ0v) is 14.7. The molecule has 1 atom stereocenters. The highest BCUT2D eigenvalue weighted by molar-refractivity contribution is 9.10. The van der Waals surface area contributed by atoms with Crippen molar-refractivity contribution in [1.29, 1.82) is 0 Å². The zero-order valence-electron chi connectivity index (χ0n) is 12.3. The summed E-state index contributed by atoms with van der Waals surface area (Å²) in [5.41, 5.74) is 0.523. The first-order chi connectivity index (χ1) is 11.5. The minimum Gasteiger partial charge on any atom is -0.545 e. The predicted octanol–water partition coefficient (Wildman–Crippen LogP) is 2.24. The highest BCUT2D eigenvalue weighted by atomic mass is 79.9. The first-order valence-electron chi connectivity index (χ1n) is 7.07. The minimum atomic E-state index is -1.31. The van der Waals surface area contributed by atoms with Crippen LogP contribution in [0.25, 0.3) is 0 Å². The van der Waals surface area contributed by atoms with Crippen molar-refractivity contribution in [2.24, 2.45) is 0 Å². The SMILES string of the molecule is O=C([O-])c1ccccc1S[C@@H]1CC(=O)N(c2ccc(Br)cc2)C1=O. The number of carbonyl (C=O) groups excluding carboxylic acids is 3.